The van der Waals surface area contributed by atoms with Gasteiger partial charge < -0.3 is 15.4 Å². The van der Waals surface area contributed by atoms with E-state index in [1.54, 1.807) is 12.1 Å². The largest absolute Gasteiger partial charge is 0.489 e. The van der Waals surface area contributed by atoms with Crippen molar-refractivity contribution < 1.29 is 9.53 Å². The molecule has 3 rings (SSSR count). The van der Waals surface area contributed by atoms with Gasteiger partial charge in [-0.15, -0.1) is 0 Å². The van der Waals surface area contributed by atoms with E-state index in [1.165, 1.54) is 0 Å². The van der Waals surface area contributed by atoms with Crippen molar-refractivity contribution in [2.24, 2.45) is 5.92 Å². The summed E-state index contributed by atoms with van der Waals surface area (Å²) in [4.78, 5) is 11.8. The third-order valence-electron chi connectivity index (χ3n) is 4.56. The maximum Gasteiger partial charge on any atom is 0.226 e. The summed E-state index contributed by atoms with van der Waals surface area (Å²) in [6, 6.07) is 19.0. The Hall–Kier alpha value is -2.21. The van der Waals surface area contributed by atoms with Crippen molar-refractivity contribution >= 4 is 56.4 Å². The summed E-state index contributed by atoms with van der Waals surface area (Å²) < 4.78 is 7.01. The predicted octanol–water partition coefficient (Wildman–Crippen LogP) is 7.54. The molecule has 0 atom stereocenters. The molecule has 0 aliphatic heterocycles. The SMILES string of the molecule is CC(C)C(=O)Nc1ccc(NCc2cc(Br)ccc2OCc2ccc(Cl)c(Cl)c2)cc1. The average Bonchev–Trinajstić information content (AvgIpc) is 2.74. The van der Waals surface area contributed by atoms with Gasteiger partial charge in [0.05, 0.1) is 10.0 Å². The number of anilines is 2. The summed E-state index contributed by atoms with van der Waals surface area (Å²) in [7, 11) is 0. The molecule has 0 aromatic heterocycles. The molecule has 0 heterocycles. The highest BCUT2D eigenvalue weighted by atomic mass is 79.9. The first-order chi connectivity index (χ1) is 14.8. The first kappa shape index (κ1) is 23.5. The zero-order chi connectivity index (χ0) is 22.4. The highest BCUT2D eigenvalue weighted by Crippen LogP contribution is 2.27. The number of nitrogens with one attached hydrogen (secondary N) is 2. The number of amides is 1. The van der Waals surface area contributed by atoms with Gasteiger partial charge in [-0.05, 0) is 60.2 Å². The van der Waals surface area contributed by atoms with Crippen LogP contribution in [0.5, 0.6) is 5.75 Å². The summed E-state index contributed by atoms with van der Waals surface area (Å²) in [5.74, 6) is 0.720. The average molecular weight is 522 g/mol. The first-order valence-electron chi connectivity index (χ1n) is 9.82. The number of halogens is 3. The maximum absolute atomic E-state index is 11.8. The Kier molecular flexibility index (Phi) is 8.24. The van der Waals surface area contributed by atoms with Gasteiger partial charge in [-0.2, -0.15) is 0 Å². The lowest BCUT2D eigenvalue weighted by Crippen LogP contribution is -2.17. The minimum absolute atomic E-state index is 0.00129. The highest BCUT2D eigenvalue weighted by molar-refractivity contribution is 9.10. The van der Waals surface area contributed by atoms with Crippen LogP contribution in [-0.2, 0) is 17.9 Å². The van der Waals surface area contributed by atoms with Crippen LogP contribution in [0.3, 0.4) is 0 Å². The van der Waals surface area contributed by atoms with Gasteiger partial charge in [-0.3, -0.25) is 4.79 Å². The van der Waals surface area contributed by atoms with Gasteiger partial charge in [0.15, 0.2) is 0 Å². The molecule has 1 amide bonds. The standard InChI is InChI=1S/C24H23BrCl2N2O2/c1-15(2)24(30)29-20-7-5-19(6-8-20)28-13-17-12-18(25)4-10-23(17)31-14-16-3-9-21(26)22(27)11-16/h3-12,15,28H,13-14H2,1-2H3,(H,29,30). The zero-order valence-electron chi connectivity index (χ0n) is 17.2. The monoisotopic (exact) mass is 520 g/mol. The molecule has 0 saturated heterocycles. The Labute approximate surface area is 201 Å². The number of carbonyl (C=O) groups excluding carboxylic acids is 1. The van der Waals surface area contributed by atoms with Crippen molar-refractivity contribution in [1.82, 2.24) is 0 Å². The quantitative estimate of drug-likeness (QED) is 0.322. The second-order valence-corrected chi connectivity index (χ2v) is 9.09. The Morgan fingerprint density at radius 3 is 2.35 bits per heavy atom. The van der Waals surface area contributed by atoms with Crippen LogP contribution in [0.25, 0.3) is 0 Å². The van der Waals surface area contributed by atoms with Crippen LogP contribution < -0.4 is 15.4 Å². The third kappa shape index (κ3) is 6.89. The number of rotatable bonds is 8. The fourth-order valence-electron chi connectivity index (χ4n) is 2.77. The van der Waals surface area contributed by atoms with E-state index in [-0.39, 0.29) is 11.8 Å². The number of benzene rings is 3. The zero-order valence-corrected chi connectivity index (χ0v) is 20.3. The lowest BCUT2D eigenvalue weighted by molar-refractivity contribution is -0.118. The molecule has 0 unspecified atom stereocenters. The van der Waals surface area contributed by atoms with Crippen molar-refractivity contribution in [1.29, 1.82) is 0 Å². The number of ether oxygens (including phenoxy) is 1. The van der Waals surface area contributed by atoms with Crippen LogP contribution in [-0.4, -0.2) is 5.91 Å². The fraction of sp³-hybridized carbons (Fsp3) is 0.208. The second kappa shape index (κ2) is 10.9. The predicted molar refractivity (Wildman–Crippen MR) is 132 cm³/mol. The molecule has 2 N–H and O–H groups in total. The summed E-state index contributed by atoms with van der Waals surface area (Å²) in [5, 5.41) is 7.31. The molecule has 0 saturated carbocycles. The van der Waals surface area contributed by atoms with Crippen molar-refractivity contribution in [2.45, 2.75) is 27.0 Å². The van der Waals surface area contributed by atoms with E-state index in [4.69, 9.17) is 27.9 Å². The van der Waals surface area contributed by atoms with E-state index in [0.717, 1.165) is 32.7 Å². The van der Waals surface area contributed by atoms with Gasteiger partial charge in [0.25, 0.3) is 0 Å². The molecule has 0 spiro atoms. The molecule has 3 aromatic rings. The summed E-state index contributed by atoms with van der Waals surface area (Å²) in [6.45, 7) is 4.69. The smallest absolute Gasteiger partial charge is 0.226 e. The molecule has 0 aliphatic rings. The molecular formula is C24H23BrCl2N2O2. The number of hydrogen-bond donors (Lipinski definition) is 2. The Bertz CT molecular complexity index is 1060. The van der Waals surface area contributed by atoms with Crippen LogP contribution in [0, 0.1) is 5.92 Å². The van der Waals surface area contributed by atoms with E-state index in [1.807, 2.05) is 62.4 Å². The minimum atomic E-state index is -0.0587. The molecule has 31 heavy (non-hydrogen) atoms. The maximum atomic E-state index is 11.8. The normalized spacial score (nSPS) is 10.8. The van der Waals surface area contributed by atoms with E-state index in [9.17, 15) is 4.79 Å². The number of carbonyl (C=O) groups is 1. The number of hydrogen-bond acceptors (Lipinski definition) is 3. The molecule has 162 valence electrons. The molecule has 0 aliphatic carbocycles. The summed E-state index contributed by atoms with van der Waals surface area (Å²) in [5.41, 5.74) is 3.66. The molecule has 3 aromatic carbocycles. The van der Waals surface area contributed by atoms with Crippen LogP contribution in [0.2, 0.25) is 10.0 Å². The van der Waals surface area contributed by atoms with Crippen molar-refractivity contribution in [3.05, 3.63) is 86.3 Å². The molecule has 0 fully saturated rings. The molecular weight excluding hydrogens is 499 g/mol. The van der Waals surface area contributed by atoms with Gasteiger partial charge in [0.1, 0.15) is 12.4 Å². The van der Waals surface area contributed by atoms with Crippen molar-refractivity contribution in [3.63, 3.8) is 0 Å². The lowest BCUT2D eigenvalue weighted by atomic mass is 10.2. The van der Waals surface area contributed by atoms with Gasteiger partial charge in [-0.25, -0.2) is 0 Å². The molecule has 7 heteroatoms. The van der Waals surface area contributed by atoms with Crippen molar-refractivity contribution in [3.8, 4) is 5.75 Å². The van der Waals surface area contributed by atoms with E-state index >= 15 is 0 Å². The minimum Gasteiger partial charge on any atom is -0.489 e. The van der Waals surface area contributed by atoms with Crippen LogP contribution in [0.1, 0.15) is 25.0 Å². The third-order valence-corrected chi connectivity index (χ3v) is 5.79. The topological polar surface area (TPSA) is 50.4 Å². The lowest BCUT2D eigenvalue weighted by Gasteiger charge is -2.14. The summed E-state index contributed by atoms with van der Waals surface area (Å²) in [6.07, 6.45) is 0. The molecule has 0 bridgehead atoms. The highest BCUT2D eigenvalue weighted by Gasteiger charge is 2.09. The Balaban J connectivity index is 1.64. The Morgan fingerprint density at radius 2 is 1.68 bits per heavy atom. The fourth-order valence-corrected chi connectivity index (χ4v) is 3.50. The van der Waals surface area contributed by atoms with Crippen LogP contribution in [0.15, 0.2) is 65.1 Å². The molecule has 4 nitrogen and oxygen atoms in total. The van der Waals surface area contributed by atoms with E-state index in [0.29, 0.717) is 23.2 Å². The van der Waals surface area contributed by atoms with Gasteiger partial charge >= 0.3 is 0 Å². The first-order valence-corrected chi connectivity index (χ1v) is 11.4. The van der Waals surface area contributed by atoms with Gasteiger partial charge in [0, 0.05) is 33.9 Å². The van der Waals surface area contributed by atoms with E-state index < -0.39 is 0 Å². The van der Waals surface area contributed by atoms with E-state index in [2.05, 4.69) is 26.6 Å². The second-order valence-electron chi connectivity index (χ2n) is 7.36. The summed E-state index contributed by atoms with van der Waals surface area (Å²) >= 11 is 15.6. The van der Waals surface area contributed by atoms with Gasteiger partial charge in [0.2, 0.25) is 5.91 Å². The molecule has 0 radical (unpaired) electrons. The van der Waals surface area contributed by atoms with Crippen molar-refractivity contribution in [2.75, 3.05) is 10.6 Å². The van der Waals surface area contributed by atoms with Crippen LogP contribution in [0.4, 0.5) is 11.4 Å². The van der Waals surface area contributed by atoms with Gasteiger partial charge in [-0.1, -0.05) is 59.0 Å². The Morgan fingerprint density at radius 1 is 0.968 bits per heavy atom. The van der Waals surface area contributed by atoms with Crippen LogP contribution >= 0.6 is 39.1 Å².